The van der Waals surface area contributed by atoms with E-state index in [-0.39, 0.29) is 0 Å². The normalized spacial score (nSPS) is 16.4. The summed E-state index contributed by atoms with van der Waals surface area (Å²) in [6.07, 6.45) is 4.49. The van der Waals surface area contributed by atoms with Gasteiger partial charge in [-0.25, -0.2) is 0 Å². The molecule has 1 aliphatic rings. The molecule has 0 aliphatic heterocycles. The molecule has 0 fully saturated rings. The van der Waals surface area contributed by atoms with Gasteiger partial charge in [0.25, 0.3) is 0 Å². The molecule has 0 amide bonds. The summed E-state index contributed by atoms with van der Waals surface area (Å²) >= 11 is 3.74. The summed E-state index contributed by atoms with van der Waals surface area (Å²) in [5.74, 6) is 0.492. The van der Waals surface area contributed by atoms with Crippen LogP contribution in [0.4, 0.5) is 0 Å². The number of hydrogen-bond acceptors (Lipinski definition) is 0. The topological polar surface area (TPSA) is 0 Å². The van der Waals surface area contributed by atoms with Crippen LogP contribution >= 0.6 is 15.9 Å². The SMILES string of the molecule is CC1C=Cc2c(Br)cc(-c3cccc4ccccc34)cc21. The Hall–Kier alpha value is -1.86. The summed E-state index contributed by atoms with van der Waals surface area (Å²) < 4.78 is 1.18. The van der Waals surface area contributed by atoms with Gasteiger partial charge in [0.05, 0.1) is 0 Å². The molecule has 0 radical (unpaired) electrons. The highest BCUT2D eigenvalue weighted by atomic mass is 79.9. The predicted octanol–water partition coefficient (Wildman–Crippen LogP) is 6.40. The van der Waals surface area contributed by atoms with Gasteiger partial charge in [0.2, 0.25) is 0 Å². The van der Waals surface area contributed by atoms with Gasteiger partial charge in [-0.3, -0.25) is 0 Å². The lowest BCUT2D eigenvalue weighted by atomic mass is 9.93. The fourth-order valence-corrected chi connectivity index (χ4v) is 3.78. The summed E-state index contributed by atoms with van der Waals surface area (Å²) in [6, 6.07) is 19.7. The molecule has 0 spiro atoms. The minimum Gasteiger partial charge on any atom is -0.0766 e. The molecule has 0 aromatic heterocycles. The fraction of sp³-hybridized carbons (Fsp3) is 0.100. The molecular weight excluding hydrogens is 320 g/mol. The van der Waals surface area contributed by atoms with Gasteiger partial charge in [-0.2, -0.15) is 0 Å². The number of benzene rings is 3. The molecule has 0 heterocycles. The molecule has 102 valence electrons. The zero-order chi connectivity index (χ0) is 14.4. The number of halogens is 1. The van der Waals surface area contributed by atoms with E-state index in [1.807, 2.05) is 0 Å². The van der Waals surface area contributed by atoms with Crippen molar-refractivity contribution < 1.29 is 0 Å². The Balaban J connectivity index is 1.99. The average Bonchev–Trinajstić information content (AvgIpc) is 2.89. The minimum absolute atomic E-state index is 0.492. The highest BCUT2D eigenvalue weighted by Crippen LogP contribution is 2.39. The van der Waals surface area contributed by atoms with Gasteiger partial charge in [-0.1, -0.05) is 77.5 Å². The number of fused-ring (bicyclic) bond motifs is 2. The zero-order valence-electron chi connectivity index (χ0n) is 11.8. The van der Waals surface area contributed by atoms with Crippen LogP contribution in [-0.4, -0.2) is 0 Å². The van der Waals surface area contributed by atoms with Crippen molar-refractivity contribution >= 4 is 32.8 Å². The standard InChI is InChI=1S/C20H15Br/c1-13-9-10-18-19(13)11-15(12-20(18)21)17-8-4-6-14-5-2-3-7-16(14)17/h2-13H,1H3. The summed E-state index contributed by atoms with van der Waals surface area (Å²) in [5.41, 5.74) is 5.32. The van der Waals surface area contributed by atoms with Crippen LogP contribution in [0.5, 0.6) is 0 Å². The molecule has 1 aliphatic carbocycles. The zero-order valence-corrected chi connectivity index (χ0v) is 13.4. The van der Waals surface area contributed by atoms with Crippen LogP contribution in [0.25, 0.3) is 28.0 Å². The number of rotatable bonds is 1. The first-order valence-corrected chi connectivity index (χ1v) is 8.03. The third kappa shape index (κ3) is 2.04. The lowest BCUT2D eigenvalue weighted by molar-refractivity contribution is 0.989. The molecular formula is C20H15Br. The van der Waals surface area contributed by atoms with Crippen molar-refractivity contribution in [3.8, 4) is 11.1 Å². The lowest BCUT2D eigenvalue weighted by Crippen LogP contribution is -1.91. The molecule has 0 nitrogen and oxygen atoms in total. The molecule has 3 aromatic rings. The Morgan fingerprint density at radius 3 is 2.67 bits per heavy atom. The average molecular weight is 335 g/mol. The van der Waals surface area contributed by atoms with Gasteiger partial charge in [0, 0.05) is 4.47 Å². The minimum atomic E-state index is 0.492. The second kappa shape index (κ2) is 4.85. The van der Waals surface area contributed by atoms with Crippen molar-refractivity contribution in [2.75, 3.05) is 0 Å². The highest BCUT2D eigenvalue weighted by Gasteiger charge is 2.17. The molecule has 4 rings (SSSR count). The Bertz CT molecular complexity index is 869. The summed E-state index contributed by atoms with van der Waals surface area (Å²) in [7, 11) is 0. The Kier molecular flexibility index (Phi) is 2.97. The molecule has 0 N–H and O–H groups in total. The first-order chi connectivity index (χ1) is 10.2. The van der Waals surface area contributed by atoms with Crippen LogP contribution in [0, 0.1) is 0 Å². The molecule has 0 saturated heterocycles. The second-order valence-electron chi connectivity index (χ2n) is 5.64. The largest absolute Gasteiger partial charge is 0.0766 e. The molecule has 1 atom stereocenters. The van der Waals surface area contributed by atoms with Crippen LogP contribution in [0.15, 0.2) is 65.1 Å². The van der Waals surface area contributed by atoms with E-state index in [1.165, 1.54) is 37.5 Å². The fourth-order valence-electron chi connectivity index (χ4n) is 3.17. The first-order valence-electron chi connectivity index (χ1n) is 7.24. The number of allylic oxidation sites excluding steroid dienone is 1. The van der Waals surface area contributed by atoms with E-state index in [1.54, 1.807) is 0 Å². The van der Waals surface area contributed by atoms with Gasteiger partial charge in [0.15, 0.2) is 0 Å². The molecule has 1 heteroatoms. The van der Waals surface area contributed by atoms with Crippen molar-refractivity contribution in [1.82, 2.24) is 0 Å². The van der Waals surface area contributed by atoms with Crippen molar-refractivity contribution in [2.45, 2.75) is 12.8 Å². The monoisotopic (exact) mass is 334 g/mol. The Morgan fingerprint density at radius 2 is 1.76 bits per heavy atom. The smallest absolute Gasteiger partial charge is 0.0256 e. The predicted molar refractivity (Wildman–Crippen MR) is 94.5 cm³/mol. The van der Waals surface area contributed by atoms with Gasteiger partial charge in [-0.05, 0) is 51.1 Å². The summed E-state index contributed by atoms with van der Waals surface area (Å²) in [4.78, 5) is 0. The van der Waals surface area contributed by atoms with E-state index in [0.717, 1.165) is 0 Å². The molecule has 0 bridgehead atoms. The lowest BCUT2D eigenvalue weighted by Gasteiger charge is -2.12. The van der Waals surface area contributed by atoms with E-state index in [2.05, 4.69) is 89.6 Å². The van der Waals surface area contributed by atoms with E-state index in [0.29, 0.717) is 5.92 Å². The second-order valence-corrected chi connectivity index (χ2v) is 6.49. The van der Waals surface area contributed by atoms with E-state index in [4.69, 9.17) is 0 Å². The molecule has 0 saturated carbocycles. The van der Waals surface area contributed by atoms with Crippen LogP contribution in [0.1, 0.15) is 24.0 Å². The third-order valence-corrected chi connectivity index (χ3v) is 4.96. The van der Waals surface area contributed by atoms with Crippen LogP contribution < -0.4 is 0 Å². The van der Waals surface area contributed by atoms with Gasteiger partial charge >= 0.3 is 0 Å². The quantitative estimate of drug-likeness (QED) is 0.483. The van der Waals surface area contributed by atoms with Crippen molar-refractivity contribution in [1.29, 1.82) is 0 Å². The highest BCUT2D eigenvalue weighted by molar-refractivity contribution is 9.10. The van der Waals surface area contributed by atoms with E-state index < -0.39 is 0 Å². The van der Waals surface area contributed by atoms with Crippen LogP contribution in [0.3, 0.4) is 0 Å². The Labute approximate surface area is 133 Å². The maximum absolute atomic E-state index is 3.74. The third-order valence-electron chi connectivity index (χ3n) is 4.30. The molecule has 1 unspecified atom stereocenters. The van der Waals surface area contributed by atoms with Crippen molar-refractivity contribution in [2.24, 2.45) is 0 Å². The maximum Gasteiger partial charge on any atom is 0.0256 e. The molecule has 21 heavy (non-hydrogen) atoms. The first kappa shape index (κ1) is 12.8. The summed E-state index contributed by atoms with van der Waals surface area (Å²) in [6.45, 7) is 2.25. The van der Waals surface area contributed by atoms with Gasteiger partial charge < -0.3 is 0 Å². The van der Waals surface area contributed by atoms with Gasteiger partial charge in [-0.15, -0.1) is 0 Å². The van der Waals surface area contributed by atoms with Crippen molar-refractivity contribution in [3.63, 3.8) is 0 Å². The maximum atomic E-state index is 3.74. The van der Waals surface area contributed by atoms with E-state index >= 15 is 0 Å². The van der Waals surface area contributed by atoms with Crippen molar-refractivity contribution in [3.05, 3.63) is 76.3 Å². The Morgan fingerprint density at radius 1 is 0.952 bits per heavy atom. The van der Waals surface area contributed by atoms with Crippen LogP contribution in [0.2, 0.25) is 0 Å². The van der Waals surface area contributed by atoms with E-state index in [9.17, 15) is 0 Å². The summed E-state index contributed by atoms with van der Waals surface area (Å²) in [5, 5.41) is 2.60. The molecule has 3 aromatic carbocycles. The van der Waals surface area contributed by atoms with Gasteiger partial charge in [0.1, 0.15) is 0 Å². The number of hydrogen-bond donors (Lipinski definition) is 0. The van der Waals surface area contributed by atoms with Crippen LogP contribution in [-0.2, 0) is 0 Å².